The molecule has 82 valence electrons. The quantitative estimate of drug-likeness (QED) is 0.857. The van der Waals surface area contributed by atoms with E-state index in [4.69, 9.17) is 21.1 Å². The topological polar surface area (TPSA) is 30.5 Å². The summed E-state index contributed by atoms with van der Waals surface area (Å²) < 4.78 is 10.7. The van der Waals surface area contributed by atoms with Crippen LogP contribution in [0.25, 0.3) is 0 Å². The van der Waals surface area contributed by atoms with Crippen molar-refractivity contribution < 1.29 is 9.47 Å². The lowest BCUT2D eigenvalue weighted by Crippen LogP contribution is -2.16. The molecule has 0 aromatic heterocycles. The summed E-state index contributed by atoms with van der Waals surface area (Å²) in [6, 6.07) is 3.86. The van der Waals surface area contributed by atoms with Gasteiger partial charge in [0.2, 0.25) is 0 Å². The van der Waals surface area contributed by atoms with Gasteiger partial charge >= 0.3 is 0 Å². The van der Waals surface area contributed by atoms with Crippen LogP contribution in [-0.2, 0) is 17.8 Å². The van der Waals surface area contributed by atoms with Gasteiger partial charge in [-0.2, -0.15) is 0 Å². The van der Waals surface area contributed by atoms with Crippen LogP contribution in [0.2, 0.25) is 5.02 Å². The summed E-state index contributed by atoms with van der Waals surface area (Å²) in [6.45, 7) is 1.83. The molecule has 0 amide bonds. The van der Waals surface area contributed by atoms with E-state index in [1.807, 2.05) is 19.2 Å². The highest BCUT2D eigenvalue weighted by atomic mass is 35.5. The number of fused-ring (bicyclic) bond motifs is 1. The zero-order valence-electron chi connectivity index (χ0n) is 8.68. The molecule has 2 rings (SSSR count). The maximum atomic E-state index is 6.03. The summed E-state index contributed by atoms with van der Waals surface area (Å²) in [5, 5.41) is 3.86. The van der Waals surface area contributed by atoms with Gasteiger partial charge in [0.05, 0.1) is 6.61 Å². The van der Waals surface area contributed by atoms with Gasteiger partial charge in [0, 0.05) is 10.6 Å². The largest absolute Gasteiger partial charge is 0.467 e. The predicted octanol–water partition coefficient (Wildman–Crippen LogP) is 1.97. The van der Waals surface area contributed by atoms with E-state index < -0.39 is 0 Å². The molecular weight excluding hydrogens is 214 g/mol. The van der Waals surface area contributed by atoms with E-state index in [-0.39, 0.29) is 0 Å². The number of hydrogen-bond donors (Lipinski definition) is 1. The molecule has 0 bridgehead atoms. The van der Waals surface area contributed by atoms with E-state index >= 15 is 0 Å². The third-order valence-electron chi connectivity index (χ3n) is 2.40. The molecule has 1 heterocycles. The van der Waals surface area contributed by atoms with Crippen molar-refractivity contribution in [3.05, 3.63) is 28.3 Å². The molecule has 0 radical (unpaired) electrons. The maximum Gasteiger partial charge on any atom is 0.189 e. The van der Waals surface area contributed by atoms with Gasteiger partial charge in [-0.15, -0.1) is 0 Å². The first-order chi connectivity index (χ1) is 7.31. The SMILES string of the molecule is CNCCc1cc(Cl)cc2c1OCOC2. The molecular formula is C11H14ClNO2. The van der Waals surface area contributed by atoms with Crippen LogP contribution >= 0.6 is 11.6 Å². The molecule has 1 aliphatic heterocycles. The van der Waals surface area contributed by atoms with Crippen molar-refractivity contribution in [3.8, 4) is 5.75 Å². The minimum absolute atomic E-state index is 0.335. The Hall–Kier alpha value is -0.770. The number of likely N-dealkylation sites (N-methyl/N-ethyl adjacent to an activating group) is 1. The highest BCUT2D eigenvalue weighted by molar-refractivity contribution is 6.30. The molecule has 1 aromatic rings. The average molecular weight is 228 g/mol. The van der Waals surface area contributed by atoms with Gasteiger partial charge < -0.3 is 14.8 Å². The lowest BCUT2D eigenvalue weighted by Gasteiger charge is -2.21. The predicted molar refractivity (Wildman–Crippen MR) is 59.4 cm³/mol. The fourth-order valence-corrected chi connectivity index (χ4v) is 1.97. The summed E-state index contributed by atoms with van der Waals surface area (Å²) in [4.78, 5) is 0. The molecule has 3 nitrogen and oxygen atoms in total. The highest BCUT2D eigenvalue weighted by Gasteiger charge is 2.15. The van der Waals surface area contributed by atoms with Crippen LogP contribution in [0.1, 0.15) is 11.1 Å². The third-order valence-corrected chi connectivity index (χ3v) is 2.61. The summed E-state index contributed by atoms with van der Waals surface area (Å²) >= 11 is 6.03. The monoisotopic (exact) mass is 227 g/mol. The Bertz CT molecular complexity index is 355. The third kappa shape index (κ3) is 2.43. The summed E-state index contributed by atoms with van der Waals surface area (Å²) in [5.41, 5.74) is 2.19. The minimum Gasteiger partial charge on any atom is -0.467 e. The number of ether oxygens (including phenoxy) is 2. The van der Waals surface area contributed by atoms with Crippen LogP contribution in [0.5, 0.6) is 5.75 Å². The molecule has 4 heteroatoms. The molecule has 0 spiro atoms. The Morgan fingerprint density at radius 2 is 2.33 bits per heavy atom. The Balaban J connectivity index is 2.30. The highest BCUT2D eigenvalue weighted by Crippen LogP contribution is 2.31. The molecule has 0 saturated heterocycles. The second kappa shape index (κ2) is 4.84. The van der Waals surface area contributed by atoms with E-state index in [2.05, 4.69) is 5.32 Å². The van der Waals surface area contributed by atoms with Crippen LogP contribution in [0.15, 0.2) is 12.1 Å². The Labute approximate surface area is 94.3 Å². The van der Waals surface area contributed by atoms with E-state index in [0.717, 1.165) is 34.9 Å². The second-order valence-corrected chi connectivity index (χ2v) is 3.95. The first-order valence-electron chi connectivity index (χ1n) is 4.97. The second-order valence-electron chi connectivity index (χ2n) is 3.52. The van der Waals surface area contributed by atoms with Crippen LogP contribution in [0.4, 0.5) is 0 Å². The molecule has 1 aliphatic rings. The normalized spacial score (nSPS) is 14.5. The van der Waals surface area contributed by atoms with Gasteiger partial charge in [-0.3, -0.25) is 0 Å². The number of benzene rings is 1. The maximum absolute atomic E-state index is 6.03. The molecule has 15 heavy (non-hydrogen) atoms. The fraction of sp³-hybridized carbons (Fsp3) is 0.455. The number of nitrogens with one attached hydrogen (secondary N) is 1. The standard InChI is InChI=1S/C11H14ClNO2/c1-13-3-2-8-4-10(12)5-9-6-14-7-15-11(8)9/h4-5,13H,2-3,6-7H2,1H3. The lowest BCUT2D eigenvalue weighted by molar-refractivity contribution is -0.0170. The van der Waals surface area contributed by atoms with Gasteiger partial charge in [-0.05, 0) is 37.7 Å². The summed E-state index contributed by atoms with van der Waals surface area (Å²) in [5.74, 6) is 0.945. The average Bonchev–Trinajstić information content (AvgIpc) is 2.25. The molecule has 0 fully saturated rings. The molecule has 0 atom stereocenters. The van der Waals surface area contributed by atoms with Crippen molar-refractivity contribution in [2.45, 2.75) is 13.0 Å². The van der Waals surface area contributed by atoms with Crippen molar-refractivity contribution in [2.24, 2.45) is 0 Å². The molecule has 0 unspecified atom stereocenters. The number of rotatable bonds is 3. The number of halogens is 1. The first kappa shape index (κ1) is 10.7. The van der Waals surface area contributed by atoms with Gasteiger partial charge in [0.25, 0.3) is 0 Å². The Kier molecular flexibility index (Phi) is 3.46. The molecule has 1 aromatic carbocycles. The van der Waals surface area contributed by atoms with Crippen molar-refractivity contribution in [1.82, 2.24) is 5.32 Å². The van der Waals surface area contributed by atoms with Gasteiger partial charge in [0.1, 0.15) is 5.75 Å². The van der Waals surface area contributed by atoms with Gasteiger partial charge in [-0.1, -0.05) is 11.6 Å². The van der Waals surface area contributed by atoms with E-state index in [1.54, 1.807) is 0 Å². The molecule has 0 aliphatic carbocycles. The van der Waals surface area contributed by atoms with Gasteiger partial charge in [-0.25, -0.2) is 0 Å². The first-order valence-corrected chi connectivity index (χ1v) is 5.35. The van der Waals surface area contributed by atoms with Crippen LogP contribution < -0.4 is 10.1 Å². The molecule has 1 N–H and O–H groups in total. The smallest absolute Gasteiger partial charge is 0.189 e. The van der Waals surface area contributed by atoms with Crippen LogP contribution in [-0.4, -0.2) is 20.4 Å². The van der Waals surface area contributed by atoms with Crippen molar-refractivity contribution in [2.75, 3.05) is 20.4 Å². The van der Waals surface area contributed by atoms with E-state index in [9.17, 15) is 0 Å². The lowest BCUT2D eigenvalue weighted by atomic mass is 10.1. The zero-order chi connectivity index (χ0) is 10.7. The Morgan fingerprint density at radius 3 is 3.13 bits per heavy atom. The van der Waals surface area contributed by atoms with Crippen LogP contribution in [0.3, 0.4) is 0 Å². The zero-order valence-corrected chi connectivity index (χ0v) is 9.43. The Morgan fingerprint density at radius 1 is 1.47 bits per heavy atom. The van der Waals surface area contributed by atoms with Gasteiger partial charge in [0.15, 0.2) is 6.79 Å². The van der Waals surface area contributed by atoms with Crippen molar-refractivity contribution in [3.63, 3.8) is 0 Å². The van der Waals surface area contributed by atoms with Crippen molar-refractivity contribution >= 4 is 11.6 Å². The fourth-order valence-electron chi connectivity index (χ4n) is 1.70. The summed E-state index contributed by atoms with van der Waals surface area (Å²) in [6.07, 6.45) is 0.916. The number of hydrogen-bond acceptors (Lipinski definition) is 3. The van der Waals surface area contributed by atoms with Crippen molar-refractivity contribution in [1.29, 1.82) is 0 Å². The van der Waals surface area contributed by atoms with E-state index in [0.29, 0.717) is 13.4 Å². The molecule has 0 saturated carbocycles. The summed E-state index contributed by atoms with van der Waals surface area (Å²) in [7, 11) is 1.93. The van der Waals surface area contributed by atoms with Crippen LogP contribution in [0, 0.1) is 0 Å². The van der Waals surface area contributed by atoms with E-state index in [1.165, 1.54) is 0 Å². The minimum atomic E-state index is 0.335.